The van der Waals surface area contributed by atoms with E-state index in [9.17, 15) is 5.26 Å². The fraction of sp³-hybridized carbons (Fsp3) is 0.158. The fourth-order valence-electron chi connectivity index (χ4n) is 2.50. The summed E-state index contributed by atoms with van der Waals surface area (Å²) in [6, 6.07) is 15.4. The number of para-hydroxylation sites is 1. The van der Waals surface area contributed by atoms with E-state index in [4.69, 9.17) is 10.5 Å². The molecule has 0 fully saturated rings. The summed E-state index contributed by atoms with van der Waals surface area (Å²) in [7, 11) is 1.58. The Morgan fingerprint density at radius 1 is 1.15 bits per heavy atom. The van der Waals surface area contributed by atoms with E-state index in [0.29, 0.717) is 27.6 Å². The Labute approximate surface area is 156 Å². The van der Waals surface area contributed by atoms with Crippen LogP contribution in [0.15, 0.2) is 53.7 Å². The van der Waals surface area contributed by atoms with E-state index in [0.717, 1.165) is 17.9 Å². The number of methoxy groups -OCH3 is 1. The Morgan fingerprint density at radius 2 is 1.96 bits per heavy atom. The summed E-state index contributed by atoms with van der Waals surface area (Å²) in [5.74, 6) is 1.49. The van der Waals surface area contributed by atoms with Gasteiger partial charge in [-0.1, -0.05) is 18.2 Å². The molecule has 1 aromatic carbocycles. The Bertz CT molecular complexity index is 940. The van der Waals surface area contributed by atoms with E-state index in [2.05, 4.69) is 21.0 Å². The summed E-state index contributed by atoms with van der Waals surface area (Å²) in [6.45, 7) is 0. The molecule has 130 valence electrons. The number of nitrogens with two attached hydrogens (primary N) is 1. The van der Waals surface area contributed by atoms with Gasteiger partial charge in [0.25, 0.3) is 0 Å². The lowest BCUT2D eigenvalue weighted by Crippen LogP contribution is -2.04. The maximum Gasteiger partial charge on any atom is 0.221 e. The average Bonchev–Trinajstić information content (AvgIpc) is 2.68. The number of ether oxygens (including phenoxy) is 1. The molecule has 0 saturated heterocycles. The number of nitrogens with zero attached hydrogens (tertiary/aromatic N) is 4. The molecule has 0 unspecified atom stereocenters. The molecule has 0 amide bonds. The van der Waals surface area contributed by atoms with Gasteiger partial charge in [-0.05, 0) is 30.7 Å². The zero-order valence-corrected chi connectivity index (χ0v) is 15.0. The number of nitrogen functional groups attached to an aromatic ring is 1. The van der Waals surface area contributed by atoms with Crippen molar-refractivity contribution in [3.8, 4) is 23.1 Å². The van der Waals surface area contributed by atoms with Crippen molar-refractivity contribution >= 4 is 17.7 Å². The van der Waals surface area contributed by atoms with Gasteiger partial charge in [0.1, 0.15) is 22.4 Å². The standard InChI is InChI=1S/C19H17N5OS/c1-25-16-8-3-2-7-14(16)17-15(12-20)18(24-19(21)23-17)26-11-9-13-6-4-5-10-22-13/h2-8,10H,9,11H2,1H3,(H2,21,23,24). The molecular weight excluding hydrogens is 346 g/mol. The number of aromatic nitrogens is 3. The SMILES string of the molecule is COc1ccccc1-c1nc(N)nc(SCCc2ccccn2)c1C#N. The first kappa shape index (κ1) is 17.7. The lowest BCUT2D eigenvalue weighted by Gasteiger charge is -2.12. The summed E-state index contributed by atoms with van der Waals surface area (Å²) in [5.41, 5.74) is 8.48. The van der Waals surface area contributed by atoms with Gasteiger partial charge in [0.15, 0.2) is 0 Å². The molecule has 2 aromatic heterocycles. The van der Waals surface area contributed by atoms with Gasteiger partial charge >= 0.3 is 0 Å². The van der Waals surface area contributed by atoms with Crippen LogP contribution < -0.4 is 10.5 Å². The second-order valence-electron chi connectivity index (χ2n) is 5.34. The van der Waals surface area contributed by atoms with Gasteiger partial charge in [0.05, 0.1) is 12.8 Å². The van der Waals surface area contributed by atoms with Crippen LogP contribution in [0.5, 0.6) is 5.75 Å². The Balaban J connectivity index is 1.91. The van der Waals surface area contributed by atoms with E-state index in [1.807, 2.05) is 42.5 Å². The lowest BCUT2D eigenvalue weighted by molar-refractivity contribution is 0.416. The van der Waals surface area contributed by atoms with Gasteiger partial charge in [-0.3, -0.25) is 4.98 Å². The minimum atomic E-state index is 0.130. The normalized spacial score (nSPS) is 10.3. The van der Waals surface area contributed by atoms with Crippen molar-refractivity contribution in [1.29, 1.82) is 5.26 Å². The third kappa shape index (κ3) is 3.92. The zero-order chi connectivity index (χ0) is 18.4. The van der Waals surface area contributed by atoms with Crippen LogP contribution in [-0.4, -0.2) is 27.8 Å². The van der Waals surface area contributed by atoms with Crippen LogP contribution in [-0.2, 0) is 6.42 Å². The second-order valence-corrected chi connectivity index (χ2v) is 6.43. The molecule has 0 radical (unpaired) electrons. The molecule has 0 bridgehead atoms. The number of anilines is 1. The molecule has 7 heteroatoms. The van der Waals surface area contributed by atoms with Crippen molar-refractivity contribution in [3.63, 3.8) is 0 Å². The summed E-state index contributed by atoms with van der Waals surface area (Å²) < 4.78 is 5.39. The first-order valence-electron chi connectivity index (χ1n) is 7.96. The van der Waals surface area contributed by atoms with Crippen molar-refractivity contribution in [2.45, 2.75) is 11.4 Å². The highest BCUT2D eigenvalue weighted by Gasteiger charge is 2.18. The van der Waals surface area contributed by atoms with E-state index in [1.165, 1.54) is 11.8 Å². The molecule has 0 atom stereocenters. The molecule has 0 aliphatic rings. The fourth-order valence-corrected chi connectivity index (χ4v) is 3.44. The van der Waals surface area contributed by atoms with Crippen LogP contribution in [0.3, 0.4) is 0 Å². The van der Waals surface area contributed by atoms with Gasteiger partial charge in [0, 0.05) is 23.2 Å². The zero-order valence-electron chi connectivity index (χ0n) is 14.2. The minimum Gasteiger partial charge on any atom is -0.496 e. The molecule has 2 heterocycles. The van der Waals surface area contributed by atoms with Crippen molar-refractivity contribution in [3.05, 3.63) is 59.9 Å². The second kappa shape index (κ2) is 8.32. The molecule has 26 heavy (non-hydrogen) atoms. The third-order valence-corrected chi connectivity index (χ3v) is 4.67. The largest absolute Gasteiger partial charge is 0.496 e. The quantitative estimate of drug-likeness (QED) is 0.530. The summed E-state index contributed by atoms with van der Waals surface area (Å²) in [4.78, 5) is 12.9. The summed E-state index contributed by atoms with van der Waals surface area (Å²) >= 11 is 1.47. The number of benzene rings is 1. The van der Waals surface area contributed by atoms with E-state index in [1.54, 1.807) is 13.3 Å². The summed E-state index contributed by atoms with van der Waals surface area (Å²) in [5, 5.41) is 10.3. The molecular formula is C19H17N5OS. The number of aryl methyl sites for hydroxylation is 1. The predicted molar refractivity (Wildman–Crippen MR) is 102 cm³/mol. The van der Waals surface area contributed by atoms with Gasteiger partial charge in [0.2, 0.25) is 5.95 Å². The predicted octanol–water partition coefficient (Wildman–Crippen LogP) is 3.34. The molecule has 0 aliphatic carbocycles. The van der Waals surface area contributed by atoms with Gasteiger partial charge in [-0.15, -0.1) is 11.8 Å². The van der Waals surface area contributed by atoms with Gasteiger partial charge in [-0.25, -0.2) is 9.97 Å². The highest BCUT2D eigenvalue weighted by atomic mass is 32.2. The van der Waals surface area contributed by atoms with Gasteiger partial charge in [-0.2, -0.15) is 5.26 Å². The van der Waals surface area contributed by atoms with Crippen molar-refractivity contribution in [2.24, 2.45) is 0 Å². The molecule has 0 saturated carbocycles. The van der Waals surface area contributed by atoms with E-state index in [-0.39, 0.29) is 5.95 Å². The van der Waals surface area contributed by atoms with E-state index < -0.39 is 0 Å². The van der Waals surface area contributed by atoms with Crippen molar-refractivity contribution < 1.29 is 4.74 Å². The Morgan fingerprint density at radius 3 is 2.69 bits per heavy atom. The van der Waals surface area contributed by atoms with Crippen LogP contribution >= 0.6 is 11.8 Å². The number of rotatable bonds is 6. The highest BCUT2D eigenvalue weighted by Crippen LogP contribution is 2.34. The smallest absolute Gasteiger partial charge is 0.221 e. The maximum absolute atomic E-state index is 9.69. The van der Waals surface area contributed by atoms with Crippen LogP contribution in [0.4, 0.5) is 5.95 Å². The number of nitriles is 1. The van der Waals surface area contributed by atoms with Gasteiger partial charge < -0.3 is 10.5 Å². The average molecular weight is 363 g/mol. The van der Waals surface area contributed by atoms with Crippen LogP contribution in [0.25, 0.3) is 11.3 Å². The molecule has 2 N–H and O–H groups in total. The Hall–Kier alpha value is -3.11. The Kier molecular flexibility index (Phi) is 5.66. The minimum absolute atomic E-state index is 0.130. The first-order chi connectivity index (χ1) is 12.7. The molecule has 3 rings (SSSR count). The molecule has 3 aromatic rings. The molecule has 6 nitrogen and oxygen atoms in total. The van der Waals surface area contributed by atoms with Crippen LogP contribution in [0.1, 0.15) is 11.3 Å². The number of pyridine rings is 1. The van der Waals surface area contributed by atoms with Crippen molar-refractivity contribution in [1.82, 2.24) is 15.0 Å². The van der Waals surface area contributed by atoms with E-state index >= 15 is 0 Å². The van der Waals surface area contributed by atoms with Crippen LogP contribution in [0.2, 0.25) is 0 Å². The molecule has 0 spiro atoms. The molecule has 0 aliphatic heterocycles. The van der Waals surface area contributed by atoms with Crippen molar-refractivity contribution in [2.75, 3.05) is 18.6 Å². The number of hydrogen-bond donors (Lipinski definition) is 1. The number of thioether (sulfide) groups is 1. The lowest BCUT2D eigenvalue weighted by atomic mass is 10.1. The monoisotopic (exact) mass is 363 g/mol. The number of hydrogen-bond acceptors (Lipinski definition) is 7. The highest BCUT2D eigenvalue weighted by molar-refractivity contribution is 7.99. The maximum atomic E-state index is 9.69. The topological polar surface area (TPSA) is 97.7 Å². The van der Waals surface area contributed by atoms with Crippen LogP contribution in [0, 0.1) is 11.3 Å². The first-order valence-corrected chi connectivity index (χ1v) is 8.95. The summed E-state index contributed by atoms with van der Waals surface area (Å²) in [6.07, 6.45) is 2.54. The third-order valence-electron chi connectivity index (χ3n) is 3.69.